The van der Waals surface area contributed by atoms with Gasteiger partial charge in [-0.25, -0.2) is 5.43 Å². The molecule has 0 spiro atoms. The number of nitrogens with zero attached hydrogens (tertiary/aromatic N) is 1. The van der Waals surface area contributed by atoms with Gasteiger partial charge in [0.2, 0.25) is 0 Å². The molecule has 3 rings (SSSR count). The summed E-state index contributed by atoms with van der Waals surface area (Å²) in [4.78, 5) is 5.47. The number of rotatable bonds is 3. The molecule has 3 aromatic rings. The van der Waals surface area contributed by atoms with Crippen LogP contribution in [0.5, 0.6) is 0 Å². The fourth-order valence-corrected chi connectivity index (χ4v) is 3.68. The van der Waals surface area contributed by atoms with Crippen LogP contribution < -0.4 is 11.3 Å². The van der Waals surface area contributed by atoms with E-state index in [9.17, 15) is 0 Å². The molecule has 19 heavy (non-hydrogen) atoms. The van der Waals surface area contributed by atoms with Crippen LogP contribution in [-0.2, 0) is 0 Å². The largest absolute Gasteiger partial charge is 0.271 e. The van der Waals surface area contributed by atoms with E-state index in [-0.39, 0.29) is 6.04 Å². The highest BCUT2D eigenvalue weighted by atomic mass is 79.9. The Morgan fingerprint density at radius 1 is 1.16 bits per heavy atom. The summed E-state index contributed by atoms with van der Waals surface area (Å²) in [6.45, 7) is 0. The van der Waals surface area contributed by atoms with Crippen molar-refractivity contribution in [2.24, 2.45) is 5.84 Å². The third-order valence-electron chi connectivity index (χ3n) is 3.06. The van der Waals surface area contributed by atoms with E-state index < -0.39 is 0 Å². The lowest BCUT2D eigenvalue weighted by Crippen LogP contribution is -2.28. The molecule has 1 unspecified atom stereocenters. The van der Waals surface area contributed by atoms with E-state index in [2.05, 4.69) is 44.5 Å². The first-order valence-corrected chi connectivity index (χ1v) is 7.44. The van der Waals surface area contributed by atoms with Crippen molar-refractivity contribution < 1.29 is 0 Å². The number of thiophene rings is 1. The van der Waals surface area contributed by atoms with Gasteiger partial charge in [0.25, 0.3) is 0 Å². The summed E-state index contributed by atoms with van der Waals surface area (Å²) in [7, 11) is 0. The normalized spacial score (nSPS) is 12.7. The zero-order chi connectivity index (χ0) is 13.2. The number of hydrogen-bond acceptors (Lipinski definition) is 4. The van der Waals surface area contributed by atoms with Crippen molar-refractivity contribution in [1.29, 1.82) is 0 Å². The summed E-state index contributed by atoms with van der Waals surface area (Å²) in [6, 6.07) is 12.3. The SMILES string of the molecule is NNC(c1ccc(Br)s1)c1cncc2ccccc12. The van der Waals surface area contributed by atoms with Crippen LogP contribution in [0.15, 0.2) is 52.6 Å². The molecule has 0 aliphatic heterocycles. The smallest absolute Gasteiger partial charge is 0.0823 e. The number of fused-ring (bicyclic) bond motifs is 1. The molecule has 0 radical (unpaired) electrons. The first-order chi connectivity index (χ1) is 9.29. The van der Waals surface area contributed by atoms with E-state index in [4.69, 9.17) is 5.84 Å². The Balaban J connectivity index is 2.16. The number of hydrogen-bond donors (Lipinski definition) is 2. The molecule has 0 saturated carbocycles. The van der Waals surface area contributed by atoms with Crippen LogP contribution in [-0.4, -0.2) is 4.98 Å². The van der Waals surface area contributed by atoms with E-state index in [0.717, 1.165) is 19.6 Å². The molecule has 2 heterocycles. The molecule has 0 bridgehead atoms. The monoisotopic (exact) mass is 333 g/mol. The summed E-state index contributed by atoms with van der Waals surface area (Å²) >= 11 is 5.16. The fraction of sp³-hybridized carbons (Fsp3) is 0.0714. The number of benzene rings is 1. The van der Waals surface area contributed by atoms with Gasteiger partial charge in [-0.15, -0.1) is 11.3 Å². The van der Waals surface area contributed by atoms with Crippen molar-refractivity contribution in [2.75, 3.05) is 0 Å². The van der Waals surface area contributed by atoms with Crippen LogP contribution in [0.3, 0.4) is 0 Å². The third kappa shape index (κ3) is 2.42. The van der Waals surface area contributed by atoms with Crippen LogP contribution in [0.25, 0.3) is 10.8 Å². The Morgan fingerprint density at radius 2 is 2.00 bits per heavy atom. The lowest BCUT2D eigenvalue weighted by Gasteiger charge is -2.16. The van der Waals surface area contributed by atoms with Gasteiger partial charge >= 0.3 is 0 Å². The second kappa shape index (κ2) is 5.38. The molecular formula is C14H12BrN3S. The minimum Gasteiger partial charge on any atom is -0.271 e. The van der Waals surface area contributed by atoms with Gasteiger partial charge < -0.3 is 0 Å². The summed E-state index contributed by atoms with van der Waals surface area (Å²) in [6.07, 6.45) is 3.75. The van der Waals surface area contributed by atoms with Gasteiger partial charge in [-0.1, -0.05) is 24.3 Å². The maximum absolute atomic E-state index is 5.75. The summed E-state index contributed by atoms with van der Waals surface area (Å²) < 4.78 is 1.09. The Bertz CT molecular complexity index is 705. The Kier molecular flexibility index (Phi) is 3.61. The Hall–Kier alpha value is -1.27. The zero-order valence-corrected chi connectivity index (χ0v) is 12.4. The molecule has 0 saturated heterocycles. The number of aromatic nitrogens is 1. The average Bonchev–Trinajstić information content (AvgIpc) is 2.86. The van der Waals surface area contributed by atoms with E-state index in [0.29, 0.717) is 0 Å². The van der Waals surface area contributed by atoms with Crippen molar-refractivity contribution in [3.05, 3.63) is 63.0 Å². The highest BCUT2D eigenvalue weighted by Crippen LogP contribution is 2.33. The number of nitrogens with one attached hydrogen (secondary N) is 1. The van der Waals surface area contributed by atoms with Gasteiger partial charge in [0, 0.05) is 28.2 Å². The van der Waals surface area contributed by atoms with Crippen molar-refractivity contribution in [3.8, 4) is 0 Å². The molecule has 0 fully saturated rings. The van der Waals surface area contributed by atoms with Crippen molar-refractivity contribution in [3.63, 3.8) is 0 Å². The highest BCUT2D eigenvalue weighted by Gasteiger charge is 2.17. The lowest BCUT2D eigenvalue weighted by molar-refractivity contribution is 0.648. The van der Waals surface area contributed by atoms with Crippen molar-refractivity contribution in [1.82, 2.24) is 10.4 Å². The molecule has 1 aromatic carbocycles. The maximum Gasteiger partial charge on any atom is 0.0823 e. The predicted molar refractivity (Wildman–Crippen MR) is 82.9 cm³/mol. The quantitative estimate of drug-likeness (QED) is 0.568. The number of pyridine rings is 1. The van der Waals surface area contributed by atoms with Crippen LogP contribution in [0.4, 0.5) is 0 Å². The summed E-state index contributed by atoms with van der Waals surface area (Å²) in [5.41, 5.74) is 3.98. The molecule has 1 atom stereocenters. The molecule has 3 nitrogen and oxygen atoms in total. The fourth-order valence-electron chi connectivity index (χ4n) is 2.18. The van der Waals surface area contributed by atoms with E-state index in [1.807, 2.05) is 30.6 Å². The molecule has 96 valence electrons. The molecule has 5 heteroatoms. The van der Waals surface area contributed by atoms with E-state index in [1.165, 1.54) is 5.39 Å². The van der Waals surface area contributed by atoms with E-state index in [1.54, 1.807) is 11.3 Å². The standard InChI is InChI=1S/C14H12BrN3S/c15-13-6-5-12(19-13)14(18-16)11-8-17-7-9-3-1-2-4-10(9)11/h1-8,14,18H,16H2. The van der Waals surface area contributed by atoms with E-state index >= 15 is 0 Å². The molecule has 0 amide bonds. The van der Waals surface area contributed by atoms with Crippen LogP contribution in [0.1, 0.15) is 16.5 Å². The number of nitrogens with two attached hydrogens (primary N) is 1. The second-order valence-corrected chi connectivity index (χ2v) is 6.69. The van der Waals surface area contributed by atoms with Crippen LogP contribution in [0.2, 0.25) is 0 Å². The minimum atomic E-state index is -0.0464. The van der Waals surface area contributed by atoms with Gasteiger partial charge in [-0.05, 0) is 33.4 Å². The summed E-state index contributed by atoms with van der Waals surface area (Å²) in [5, 5.41) is 2.29. The third-order valence-corrected chi connectivity index (χ3v) is 4.74. The van der Waals surface area contributed by atoms with Crippen molar-refractivity contribution in [2.45, 2.75) is 6.04 Å². The Labute approximate surface area is 123 Å². The molecule has 2 aromatic heterocycles. The molecular weight excluding hydrogens is 322 g/mol. The van der Waals surface area contributed by atoms with Gasteiger partial charge in [-0.3, -0.25) is 10.8 Å². The number of halogens is 1. The second-order valence-electron chi connectivity index (χ2n) is 4.19. The summed E-state index contributed by atoms with van der Waals surface area (Å²) in [5.74, 6) is 5.75. The first kappa shape index (κ1) is 12.7. The minimum absolute atomic E-state index is 0.0464. The van der Waals surface area contributed by atoms with Crippen LogP contribution >= 0.6 is 27.3 Å². The molecule has 0 aliphatic rings. The lowest BCUT2D eigenvalue weighted by atomic mass is 10.0. The number of hydrazine groups is 1. The topological polar surface area (TPSA) is 50.9 Å². The van der Waals surface area contributed by atoms with Crippen molar-refractivity contribution >= 4 is 38.0 Å². The maximum atomic E-state index is 5.75. The van der Waals surface area contributed by atoms with Crippen LogP contribution in [0, 0.1) is 0 Å². The zero-order valence-electron chi connectivity index (χ0n) is 10.0. The highest BCUT2D eigenvalue weighted by molar-refractivity contribution is 9.11. The average molecular weight is 334 g/mol. The van der Waals surface area contributed by atoms with Gasteiger partial charge in [0.05, 0.1) is 9.83 Å². The molecule has 3 N–H and O–H groups in total. The molecule has 0 aliphatic carbocycles. The van der Waals surface area contributed by atoms with Gasteiger partial charge in [0.15, 0.2) is 0 Å². The van der Waals surface area contributed by atoms with Gasteiger partial charge in [-0.2, -0.15) is 0 Å². The predicted octanol–water partition coefficient (Wildman–Crippen LogP) is 3.61. The first-order valence-electron chi connectivity index (χ1n) is 5.83. The van der Waals surface area contributed by atoms with Gasteiger partial charge in [0.1, 0.15) is 0 Å². The Morgan fingerprint density at radius 3 is 2.74 bits per heavy atom.